The summed E-state index contributed by atoms with van der Waals surface area (Å²) < 4.78 is 12.5. The lowest BCUT2D eigenvalue weighted by atomic mass is 10.1. The van der Waals surface area contributed by atoms with Gasteiger partial charge in [0.1, 0.15) is 24.2 Å². The number of hydrogen-bond acceptors (Lipinski definition) is 5. The Morgan fingerprint density at radius 2 is 1.83 bits per heavy atom. The van der Waals surface area contributed by atoms with Crippen LogP contribution in [0.3, 0.4) is 0 Å². The number of ether oxygens (including phenoxy) is 2. The van der Waals surface area contributed by atoms with Crippen LogP contribution in [0.2, 0.25) is 0 Å². The zero-order chi connectivity index (χ0) is 20.5. The summed E-state index contributed by atoms with van der Waals surface area (Å²) in [6.07, 6.45) is 3.25. The number of halogens is 1. The van der Waals surface area contributed by atoms with Gasteiger partial charge in [-0.25, -0.2) is 9.67 Å². The van der Waals surface area contributed by atoms with Gasteiger partial charge in [0.05, 0.1) is 20.8 Å². The van der Waals surface area contributed by atoms with Gasteiger partial charge >= 0.3 is 0 Å². The van der Waals surface area contributed by atoms with Crippen molar-refractivity contribution in [3.05, 3.63) is 71.8 Å². The average Bonchev–Trinajstić information content (AvgIpc) is 3.27. The van der Waals surface area contributed by atoms with Crippen LogP contribution in [-0.2, 0) is 19.6 Å². The Hall–Kier alpha value is -2.82. The van der Waals surface area contributed by atoms with Crippen molar-refractivity contribution in [3.8, 4) is 11.5 Å². The maximum atomic E-state index is 5.45. The summed E-state index contributed by atoms with van der Waals surface area (Å²) in [4.78, 5) is 8.28. The molecule has 0 radical (unpaired) electrons. The normalized spacial score (nSPS) is 10.8. The number of benzene rings is 2. The van der Waals surface area contributed by atoms with Gasteiger partial charge in [0.25, 0.3) is 0 Å². The van der Waals surface area contributed by atoms with Gasteiger partial charge < -0.3 is 20.1 Å². The van der Waals surface area contributed by atoms with Crippen LogP contribution in [0.5, 0.6) is 11.5 Å². The van der Waals surface area contributed by atoms with Crippen LogP contribution in [0, 0.1) is 0 Å². The Bertz CT molecular complexity index is 946. The molecular formula is C21H27IN6O2. The molecule has 3 rings (SSSR count). The highest BCUT2D eigenvalue weighted by molar-refractivity contribution is 14.0. The Morgan fingerprint density at radius 3 is 2.53 bits per heavy atom. The van der Waals surface area contributed by atoms with E-state index in [9.17, 15) is 0 Å². The molecular weight excluding hydrogens is 495 g/mol. The molecule has 0 saturated heterocycles. The third-order valence-electron chi connectivity index (χ3n) is 4.43. The Labute approximate surface area is 193 Å². The lowest BCUT2D eigenvalue weighted by molar-refractivity contribution is 0.390. The van der Waals surface area contributed by atoms with E-state index in [-0.39, 0.29) is 24.0 Å². The highest BCUT2D eigenvalue weighted by Gasteiger charge is 2.06. The van der Waals surface area contributed by atoms with Crippen LogP contribution in [0.25, 0.3) is 0 Å². The average molecular weight is 522 g/mol. The minimum absolute atomic E-state index is 0. The molecule has 0 aliphatic heterocycles. The summed E-state index contributed by atoms with van der Waals surface area (Å²) in [6.45, 7) is 1.93. The molecule has 0 amide bonds. The molecule has 0 atom stereocenters. The fraction of sp³-hybridized carbons (Fsp3) is 0.286. The third-order valence-corrected chi connectivity index (χ3v) is 4.43. The van der Waals surface area contributed by atoms with Gasteiger partial charge in [-0.05, 0) is 23.3 Å². The van der Waals surface area contributed by atoms with E-state index in [4.69, 9.17) is 9.47 Å². The molecule has 2 aromatic carbocycles. The lowest BCUT2D eigenvalue weighted by Gasteiger charge is -2.15. The minimum Gasteiger partial charge on any atom is -0.497 e. The zero-order valence-corrected chi connectivity index (χ0v) is 19.7. The highest BCUT2D eigenvalue weighted by Crippen LogP contribution is 2.24. The smallest absolute Gasteiger partial charge is 0.191 e. The summed E-state index contributed by atoms with van der Waals surface area (Å²) in [6, 6.07) is 14.1. The predicted molar refractivity (Wildman–Crippen MR) is 128 cm³/mol. The first-order valence-corrected chi connectivity index (χ1v) is 9.27. The van der Waals surface area contributed by atoms with Crippen LogP contribution in [0.4, 0.5) is 0 Å². The van der Waals surface area contributed by atoms with E-state index >= 15 is 0 Å². The molecule has 0 saturated carbocycles. The largest absolute Gasteiger partial charge is 0.497 e. The molecule has 0 unspecified atom stereocenters. The molecule has 0 aliphatic rings. The van der Waals surface area contributed by atoms with Crippen molar-refractivity contribution in [2.24, 2.45) is 4.99 Å². The summed E-state index contributed by atoms with van der Waals surface area (Å²) in [5.41, 5.74) is 3.35. The molecule has 1 heterocycles. The number of methoxy groups -OCH3 is 2. The van der Waals surface area contributed by atoms with E-state index in [1.165, 1.54) is 5.56 Å². The number of hydrogen-bond donors (Lipinski definition) is 2. The van der Waals surface area contributed by atoms with Crippen molar-refractivity contribution in [2.45, 2.75) is 19.6 Å². The topological polar surface area (TPSA) is 85.6 Å². The first kappa shape index (κ1) is 23.5. The van der Waals surface area contributed by atoms with Crippen molar-refractivity contribution < 1.29 is 9.47 Å². The van der Waals surface area contributed by atoms with E-state index in [2.05, 4.69) is 43.9 Å². The van der Waals surface area contributed by atoms with Gasteiger partial charge in [0.15, 0.2) is 5.96 Å². The summed E-state index contributed by atoms with van der Waals surface area (Å²) >= 11 is 0. The number of nitrogens with zero attached hydrogens (tertiary/aromatic N) is 4. The highest BCUT2D eigenvalue weighted by atomic mass is 127. The molecule has 0 fully saturated rings. The van der Waals surface area contributed by atoms with Gasteiger partial charge in [-0.2, -0.15) is 5.10 Å². The Balaban J connectivity index is 0.00000320. The second-order valence-electron chi connectivity index (χ2n) is 6.37. The van der Waals surface area contributed by atoms with Crippen molar-refractivity contribution in [1.29, 1.82) is 0 Å². The first-order chi connectivity index (χ1) is 14.2. The van der Waals surface area contributed by atoms with Crippen molar-refractivity contribution in [1.82, 2.24) is 25.4 Å². The SMILES string of the molecule is CN=C(NCc1cccc(Cn2cncn2)c1)NCc1ccc(OC)cc1OC.I. The number of aliphatic imine (C=N–C) groups is 1. The lowest BCUT2D eigenvalue weighted by Crippen LogP contribution is -2.36. The second kappa shape index (κ2) is 12.0. The Morgan fingerprint density at radius 1 is 1.03 bits per heavy atom. The van der Waals surface area contributed by atoms with Crippen LogP contribution in [0.1, 0.15) is 16.7 Å². The van der Waals surface area contributed by atoms with Gasteiger partial charge in [-0.3, -0.25) is 4.99 Å². The summed E-state index contributed by atoms with van der Waals surface area (Å²) in [5.74, 6) is 2.25. The van der Waals surface area contributed by atoms with Crippen LogP contribution in [0.15, 0.2) is 60.1 Å². The molecule has 0 aliphatic carbocycles. The van der Waals surface area contributed by atoms with E-state index in [0.29, 0.717) is 25.6 Å². The zero-order valence-electron chi connectivity index (χ0n) is 17.3. The van der Waals surface area contributed by atoms with E-state index in [1.807, 2.05) is 24.3 Å². The quantitative estimate of drug-likeness (QED) is 0.269. The number of aromatic nitrogens is 3. The van der Waals surface area contributed by atoms with Crippen LogP contribution >= 0.6 is 24.0 Å². The molecule has 8 nitrogen and oxygen atoms in total. The molecule has 160 valence electrons. The number of guanidine groups is 1. The summed E-state index contributed by atoms with van der Waals surface area (Å²) in [7, 11) is 5.04. The first-order valence-electron chi connectivity index (χ1n) is 9.27. The third kappa shape index (κ3) is 6.61. The second-order valence-corrected chi connectivity index (χ2v) is 6.37. The van der Waals surface area contributed by atoms with E-state index in [1.54, 1.807) is 38.6 Å². The number of rotatable bonds is 8. The monoisotopic (exact) mass is 522 g/mol. The predicted octanol–water partition coefficient (Wildman–Crippen LogP) is 2.83. The molecule has 30 heavy (non-hydrogen) atoms. The van der Waals surface area contributed by atoms with Crippen molar-refractivity contribution >= 4 is 29.9 Å². The fourth-order valence-corrected chi connectivity index (χ4v) is 2.92. The van der Waals surface area contributed by atoms with E-state index < -0.39 is 0 Å². The van der Waals surface area contributed by atoms with Crippen molar-refractivity contribution in [3.63, 3.8) is 0 Å². The summed E-state index contributed by atoms with van der Waals surface area (Å²) in [5, 5.41) is 10.8. The van der Waals surface area contributed by atoms with Gasteiger partial charge in [-0.1, -0.05) is 24.3 Å². The maximum absolute atomic E-state index is 5.45. The molecule has 1 aromatic heterocycles. The molecule has 9 heteroatoms. The molecule has 2 N–H and O–H groups in total. The molecule has 3 aromatic rings. The molecule has 0 spiro atoms. The fourth-order valence-electron chi connectivity index (χ4n) is 2.92. The van der Waals surface area contributed by atoms with Gasteiger partial charge in [0.2, 0.25) is 0 Å². The maximum Gasteiger partial charge on any atom is 0.191 e. The van der Waals surface area contributed by atoms with Gasteiger partial charge in [0, 0.05) is 31.8 Å². The van der Waals surface area contributed by atoms with Crippen LogP contribution < -0.4 is 20.1 Å². The van der Waals surface area contributed by atoms with E-state index in [0.717, 1.165) is 22.6 Å². The standard InChI is InChI=1S/C21H26N6O2.HI/c1-22-21(25-12-18-7-8-19(28-2)10-20(18)29-3)24-11-16-5-4-6-17(9-16)13-27-15-23-14-26-27;/h4-10,14-15H,11-13H2,1-3H3,(H2,22,24,25);1H. The Kier molecular flexibility index (Phi) is 9.39. The number of nitrogens with one attached hydrogen (secondary N) is 2. The molecule has 0 bridgehead atoms. The van der Waals surface area contributed by atoms with Gasteiger partial charge in [-0.15, -0.1) is 24.0 Å². The van der Waals surface area contributed by atoms with Crippen molar-refractivity contribution in [2.75, 3.05) is 21.3 Å². The minimum atomic E-state index is 0. The van der Waals surface area contributed by atoms with Crippen LogP contribution in [-0.4, -0.2) is 42.0 Å².